The van der Waals surface area contributed by atoms with Gasteiger partial charge in [-0.3, -0.25) is 0 Å². The van der Waals surface area contributed by atoms with Gasteiger partial charge in [0.15, 0.2) is 0 Å². The third-order valence-electron chi connectivity index (χ3n) is 4.69. The molecule has 0 bridgehead atoms. The molecular formula is C15H23NOS. The second kappa shape index (κ2) is 4.95. The van der Waals surface area contributed by atoms with E-state index in [9.17, 15) is 0 Å². The molecule has 2 fully saturated rings. The lowest BCUT2D eigenvalue weighted by molar-refractivity contribution is -0.192. The topological polar surface area (TPSA) is 21.3 Å². The van der Waals surface area contributed by atoms with Crippen LogP contribution in [0.2, 0.25) is 0 Å². The van der Waals surface area contributed by atoms with E-state index in [0.29, 0.717) is 17.6 Å². The molecule has 1 aliphatic carbocycles. The van der Waals surface area contributed by atoms with Crippen molar-refractivity contribution >= 4 is 11.3 Å². The molecule has 1 aromatic heterocycles. The van der Waals surface area contributed by atoms with Crippen LogP contribution in [0.5, 0.6) is 0 Å². The summed E-state index contributed by atoms with van der Waals surface area (Å²) < 4.78 is 5.94. The van der Waals surface area contributed by atoms with Gasteiger partial charge in [0.1, 0.15) is 0 Å². The molecule has 2 heterocycles. The van der Waals surface area contributed by atoms with Crippen LogP contribution in [0, 0.1) is 11.3 Å². The Morgan fingerprint density at radius 2 is 2.39 bits per heavy atom. The van der Waals surface area contributed by atoms with Crippen LogP contribution in [0.15, 0.2) is 16.8 Å². The molecule has 0 radical (unpaired) electrons. The maximum absolute atomic E-state index is 5.94. The van der Waals surface area contributed by atoms with Gasteiger partial charge in [0.05, 0.1) is 6.10 Å². The highest BCUT2D eigenvalue weighted by Gasteiger charge is 2.57. The van der Waals surface area contributed by atoms with Crippen LogP contribution in [0.4, 0.5) is 0 Å². The molecule has 3 rings (SSSR count). The minimum absolute atomic E-state index is 0.305. The Kier molecular flexibility index (Phi) is 3.48. The number of rotatable bonds is 4. The minimum Gasteiger partial charge on any atom is -0.377 e. The van der Waals surface area contributed by atoms with Gasteiger partial charge in [-0.25, -0.2) is 0 Å². The van der Waals surface area contributed by atoms with Crippen LogP contribution in [0.1, 0.15) is 32.3 Å². The molecule has 100 valence electrons. The number of hydrogen-bond acceptors (Lipinski definition) is 3. The zero-order valence-electron chi connectivity index (χ0n) is 11.3. The minimum atomic E-state index is 0.305. The van der Waals surface area contributed by atoms with Crippen molar-refractivity contribution in [1.82, 2.24) is 5.32 Å². The van der Waals surface area contributed by atoms with E-state index in [1.54, 1.807) is 11.3 Å². The molecule has 2 aliphatic rings. The quantitative estimate of drug-likeness (QED) is 0.903. The number of nitrogens with one attached hydrogen (secondary N) is 1. The average molecular weight is 265 g/mol. The van der Waals surface area contributed by atoms with Crippen LogP contribution >= 0.6 is 11.3 Å². The fourth-order valence-corrected chi connectivity index (χ4v) is 4.45. The smallest absolute Gasteiger partial charge is 0.0684 e. The van der Waals surface area contributed by atoms with E-state index in [0.717, 1.165) is 25.5 Å². The predicted molar refractivity (Wildman–Crippen MR) is 76.1 cm³/mol. The maximum Gasteiger partial charge on any atom is 0.0684 e. The van der Waals surface area contributed by atoms with Gasteiger partial charge in [-0.15, -0.1) is 0 Å². The summed E-state index contributed by atoms with van der Waals surface area (Å²) in [6.07, 6.45) is 4.21. The summed E-state index contributed by atoms with van der Waals surface area (Å²) in [5.41, 5.74) is 1.76. The average Bonchev–Trinajstić information content (AvgIpc) is 2.87. The molecule has 1 saturated carbocycles. The van der Waals surface area contributed by atoms with Crippen molar-refractivity contribution in [1.29, 1.82) is 0 Å². The van der Waals surface area contributed by atoms with Gasteiger partial charge in [-0.2, -0.15) is 11.3 Å². The Bertz CT molecular complexity index is 387. The first kappa shape index (κ1) is 12.6. The fraction of sp³-hybridized carbons (Fsp3) is 0.733. The maximum atomic E-state index is 5.94. The SMILES string of the molecule is CC1(C)C(NCCc2ccsc2)C2CCCOC21. The zero-order valence-corrected chi connectivity index (χ0v) is 12.1. The molecule has 3 heteroatoms. The summed E-state index contributed by atoms with van der Waals surface area (Å²) in [5, 5.41) is 8.18. The van der Waals surface area contributed by atoms with E-state index >= 15 is 0 Å². The highest BCUT2D eigenvalue weighted by molar-refractivity contribution is 7.07. The van der Waals surface area contributed by atoms with E-state index in [-0.39, 0.29) is 0 Å². The lowest BCUT2D eigenvalue weighted by atomic mass is 9.55. The molecule has 3 unspecified atom stereocenters. The second-order valence-corrected chi connectivity index (χ2v) is 7.01. The standard InChI is InChI=1S/C15H23NOS/c1-15(2)13(12-4-3-8-17-14(12)15)16-7-5-11-6-9-18-10-11/h6,9-10,12-14,16H,3-5,7-8H2,1-2H3. The van der Waals surface area contributed by atoms with Crippen molar-refractivity contribution in [2.75, 3.05) is 13.2 Å². The van der Waals surface area contributed by atoms with Crippen LogP contribution in [-0.2, 0) is 11.2 Å². The summed E-state index contributed by atoms with van der Waals surface area (Å²) in [6, 6.07) is 2.87. The lowest BCUT2D eigenvalue weighted by Crippen LogP contribution is -2.69. The molecule has 2 nitrogen and oxygen atoms in total. The first-order chi connectivity index (χ1) is 8.69. The predicted octanol–water partition coefficient (Wildman–Crippen LogP) is 3.08. The highest BCUT2D eigenvalue weighted by Crippen LogP contribution is 2.51. The molecule has 1 saturated heterocycles. The van der Waals surface area contributed by atoms with Gasteiger partial charge in [-0.05, 0) is 48.2 Å². The van der Waals surface area contributed by atoms with Crippen molar-refractivity contribution in [3.05, 3.63) is 22.4 Å². The number of fused-ring (bicyclic) bond motifs is 1. The van der Waals surface area contributed by atoms with Gasteiger partial charge < -0.3 is 10.1 Å². The van der Waals surface area contributed by atoms with Gasteiger partial charge in [0, 0.05) is 24.0 Å². The molecule has 0 aromatic carbocycles. The molecule has 1 aromatic rings. The Morgan fingerprint density at radius 3 is 3.17 bits per heavy atom. The summed E-state index contributed by atoms with van der Waals surface area (Å²) in [4.78, 5) is 0. The highest BCUT2D eigenvalue weighted by atomic mass is 32.1. The number of hydrogen-bond donors (Lipinski definition) is 1. The summed E-state index contributed by atoms with van der Waals surface area (Å²) in [5.74, 6) is 0.747. The molecule has 1 N–H and O–H groups in total. The third-order valence-corrected chi connectivity index (χ3v) is 5.42. The molecule has 1 aliphatic heterocycles. The summed E-state index contributed by atoms with van der Waals surface area (Å²) in [6.45, 7) is 6.75. The Balaban J connectivity index is 1.53. The van der Waals surface area contributed by atoms with E-state index < -0.39 is 0 Å². The zero-order chi connectivity index (χ0) is 12.6. The Hall–Kier alpha value is -0.380. The first-order valence-corrected chi connectivity index (χ1v) is 8.00. The van der Waals surface area contributed by atoms with Crippen LogP contribution in [0.3, 0.4) is 0 Å². The number of thiophene rings is 1. The molecule has 0 spiro atoms. The second-order valence-electron chi connectivity index (χ2n) is 6.23. The normalized spacial score (nSPS) is 33.8. The molecular weight excluding hydrogens is 242 g/mol. The van der Waals surface area contributed by atoms with Crippen molar-refractivity contribution in [2.24, 2.45) is 11.3 Å². The molecule has 0 amide bonds. The van der Waals surface area contributed by atoms with Crippen molar-refractivity contribution in [3.63, 3.8) is 0 Å². The fourth-order valence-electron chi connectivity index (χ4n) is 3.74. The largest absolute Gasteiger partial charge is 0.377 e. The van der Waals surface area contributed by atoms with Crippen LogP contribution < -0.4 is 5.32 Å². The number of ether oxygens (including phenoxy) is 1. The molecule has 3 atom stereocenters. The van der Waals surface area contributed by atoms with E-state index in [4.69, 9.17) is 4.74 Å². The van der Waals surface area contributed by atoms with E-state index in [2.05, 4.69) is 36.0 Å². The van der Waals surface area contributed by atoms with Crippen molar-refractivity contribution in [3.8, 4) is 0 Å². The first-order valence-electron chi connectivity index (χ1n) is 7.05. The van der Waals surface area contributed by atoms with Gasteiger partial charge in [0.2, 0.25) is 0 Å². The van der Waals surface area contributed by atoms with Gasteiger partial charge >= 0.3 is 0 Å². The molecule has 18 heavy (non-hydrogen) atoms. The third kappa shape index (κ3) is 2.13. The van der Waals surface area contributed by atoms with E-state index in [1.165, 1.54) is 18.4 Å². The van der Waals surface area contributed by atoms with E-state index in [1.807, 2.05) is 0 Å². The van der Waals surface area contributed by atoms with Crippen LogP contribution in [0.25, 0.3) is 0 Å². The van der Waals surface area contributed by atoms with Crippen molar-refractivity contribution in [2.45, 2.75) is 45.3 Å². The lowest BCUT2D eigenvalue weighted by Gasteiger charge is -2.60. The monoisotopic (exact) mass is 265 g/mol. The van der Waals surface area contributed by atoms with Crippen molar-refractivity contribution < 1.29 is 4.74 Å². The summed E-state index contributed by atoms with van der Waals surface area (Å²) >= 11 is 1.79. The Labute approximate surface area is 114 Å². The van der Waals surface area contributed by atoms with Gasteiger partial charge in [-0.1, -0.05) is 13.8 Å². The Morgan fingerprint density at radius 1 is 1.50 bits per heavy atom. The van der Waals surface area contributed by atoms with Gasteiger partial charge in [0.25, 0.3) is 0 Å². The van der Waals surface area contributed by atoms with Crippen LogP contribution in [-0.4, -0.2) is 25.3 Å². The summed E-state index contributed by atoms with van der Waals surface area (Å²) in [7, 11) is 0.